The zero-order valence-electron chi connectivity index (χ0n) is 8.54. The number of aryl methyl sites for hydroxylation is 1. The maximum absolute atomic E-state index is 4.39. The largest absolute Gasteiger partial charge is 0.309 e. The van der Waals surface area contributed by atoms with E-state index in [9.17, 15) is 0 Å². The maximum Gasteiger partial charge on any atom is 0.128 e. The molecule has 0 fully saturated rings. The summed E-state index contributed by atoms with van der Waals surface area (Å²) in [6.07, 6.45) is 2.72. The molecule has 1 aromatic heterocycles. The average molecular weight is 179 g/mol. The van der Waals surface area contributed by atoms with Gasteiger partial charge >= 0.3 is 0 Å². The van der Waals surface area contributed by atoms with Crippen LogP contribution in [-0.4, -0.2) is 16.0 Å². The van der Waals surface area contributed by atoms with E-state index >= 15 is 0 Å². The second-order valence-electron chi connectivity index (χ2n) is 3.35. The first-order chi connectivity index (χ1) is 6.22. The van der Waals surface area contributed by atoms with Crippen molar-refractivity contribution in [3.8, 4) is 0 Å². The van der Waals surface area contributed by atoms with E-state index in [0.29, 0.717) is 6.04 Å². The lowest BCUT2D eigenvalue weighted by Crippen LogP contribution is -2.22. The van der Waals surface area contributed by atoms with E-state index in [2.05, 4.69) is 36.1 Å². The molecule has 0 aliphatic rings. The molecule has 3 heteroatoms. The fourth-order valence-electron chi connectivity index (χ4n) is 1.02. The summed E-state index contributed by atoms with van der Waals surface area (Å²) in [5.41, 5.74) is 1.07. The molecule has 1 rings (SSSR count). The zero-order chi connectivity index (χ0) is 9.68. The molecule has 0 aliphatic carbocycles. The highest BCUT2D eigenvalue weighted by Crippen LogP contribution is 1.96. The molecule has 0 aliphatic heterocycles. The molecule has 0 saturated heterocycles. The van der Waals surface area contributed by atoms with Crippen LogP contribution in [0.1, 0.15) is 32.3 Å². The summed E-state index contributed by atoms with van der Waals surface area (Å²) >= 11 is 0. The van der Waals surface area contributed by atoms with Crippen molar-refractivity contribution < 1.29 is 0 Å². The molecule has 0 saturated carbocycles. The van der Waals surface area contributed by atoms with E-state index in [1.54, 1.807) is 0 Å². The van der Waals surface area contributed by atoms with Crippen LogP contribution in [0.2, 0.25) is 0 Å². The van der Waals surface area contributed by atoms with Gasteiger partial charge in [-0.2, -0.15) is 0 Å². The lowest BCUT2D eigenvalue weighted by atomic mass is 10.3. The number of nitrogens with one attached hydrogen (secondary N) is 1. The van der Waals surface area contributed by atoms with E-state index in [0.717, 1.165) is 24.5 Å². The number of hydrogen-bond donors (Lipinski definition) is 1. The Balaban J connectivity index is 2.56. The van der Waals surface area contributed by atoms with Gasteiger partial charge < -0.3 is 5.32 Å². The molecule has 0 spiro atoms. The molecule has 13 heavy (non-hydrogen) atoms. The molecule has 0 amide bonds. The number of hydrogen-bond acceptors (Lipinski definition) is 3. The van der Waals surface area contributed by atoms with Gasteiger partial charge in [0.1, 0.15) is 5.82 Å². The topological polar surface area (TPSA) is 37.8 Å². The first-order valence-electron chi connectivity index (χ1n) is 4.76. The standard InChI is InChI=1S/C10H17N3/c1-4-10-11-6-5-9(13-10)7-12-8(2)3/h5-6,8,12H,4,7H2,1-3H3. The Labute approximate surface area is 79.6 Å². The molecular formula is C10H17N3. The Morgan fingerprint density at radius 3 is 2.85 bits per heavy atom. The Morgan fingerprint density at radius 1 is 1.46 bits per heavy atom. The molecule has 0 bridgehead atoms. The van der Waals surface area contributed by atoms with Gasteiger partial charge in [-0.3, -0.25) is 0 Å². The van der Waals surface area contributed by atoms with Gasteiger partial charge in [0.15, 0.2) is 0 Å². The third kappa shape index (κ3) is 3.51. The van der Waals surface area contributed by atoms with Gasteiger partial charge in [-0.1, -0.05) is 20.8 Å². The van der Waals surface area contributed by atoms with Crippen molar-refractivity contribution in [3.05, 3.63) is 23.8 Å². The van der Waals surface area contributed by atoms with Crippen molar-refractivity contribution >= 4 is 0 Å². The van der Waals surface area contributed by atoms with Gasteiger partial charge in [-0.05, 0) is 6.07 Å². The van der Waals surface area contributed by atoms with Crippen molar-refractivity contribution in [1.82, 2.24) is 15.3 Å². The Hall–Kier alpha value is -0.960. The van der Waals surface area contributed by atoms with E-state index < -0.39 is 0 Å². The van der Waals surface area contributed by atoms with Crippen molar-refractivity contribution in [3.63, 3.8) is 0 Å². The van der Waals surface area contributed by atoms with Crippen LogP contribution >= 0.6 is 0 Å². The van der Waals surface area contributed by atoms with Crippen molar-refractivity contribution in [2.45, 2.75) is 39.8 Å². The normalized spacial score (nSPS) is 10.8. The van der Waals surface area contributed by atoms with Crippen LogP contribution in [0.3, 0.4) is 0 Å². The molecular weight excluding hydrogens is 162 g/mol. The monoisotopic (exact) mass is 179 g/mol. The molecule has 0 unspecified atom stereocenters. The first kappa shape index (κ1) is 10.1. The van der Waals surface area contributed by atoms with Gasteiger partial charge in [0.2, 0.25) is 0 Å². The zero-order valence-corrected chi connectivity index (χ0v) is 8.54. The predicted molar refractivity (Wildman–Crippen MR) is 53.4 cm³/mol. The van der Waals surface area contributed by atoms with Crippen molar-refractivity contribution in [2.75, 3.05) is 0 Å². The summed E-state index contributed by atoms with van der Waals surface area (Å²) < 4.78 is 0. The van der Waals surface area contributed by atoms with E-state index in [-0.39, 0.29) is 0 Å². The number of rotatable bonds is 4. The summed E-state index contributed by atoms with van der Waals surface area (Å²) in [4.78, 5) is 8.54. The lowest BCUT2D eigenvalue weighted by Gasteiger charge is -2.07. The minimum Gasteiger partial charge on any atom is -0.309 e. The minimum absolute atomic E-state index is 0.500. The Morgan fingerprint density at radius 2 is 2.23 bits per heavy atom. The minimum atomic E-state index is 0.500. The third-order valence-electron chi connectivity index (χ3n) is 1.77. The highest BCUT2D eigenvalue weighted by atomic mass is 14.9. The summed E-state index contributed by atoms with van der Waals surface area (Å²) in [6.45, 7) is 7.14. The van der Waals surface area contributed by atoms with Crippen LogP contribution in [0.15, 0.2) is 12.3 Å². The summed E-state index contributed by atoms with van der Waals surface area (Å²) in [7, 11) is 0. The highest BCUT2D eigenvalue weighted by molar-refractivity contribution is 5.02. The lowest BCUT2D eigenvalue weighted by molar-refractivity contribution is 0.579. The molecule has 72 valence electrons. The molecule has 1 N–H and O–H groups in total. The van der Waals surface area contributed by atoms with Gasteiger partial charge in [0, 0.05) is 25.2 Å². The summed E-state index contributed by atoms with van der Waals surface area (Å²) in [6, 6.07) is 2.45. The van der Waals surface area contributed by atoms with E-state index in [1.807, 2.05) is 12.3 Å². The van der Waals surface area contributed by atoms with Crippen LogP contribution < -0.4 is 5.32 Å². The van der Waals surface area contributed by atoms with Gasteiger partial charge in [0.25, 0.3) is 0 Å². The van der Waals surface area contributed by atoms with Crippen molar-refractivity contribution in [1.29, 1.82) is 0 Å². The quantitative estimate of drug-likeness (QED) is 0.761. The smallest absolute Gasteiger partial charge is 0.128 e. The number of nitrogens with zero attached hydrogens (tertiary/aromatic N) is 2. The van der Waals surface area contributed by atoms with Crippen LogP contribution in [0.25, 0.3) is 0 Å². The van der Waals surface area contributed by atoms with Crippen LogP contribution in [0.5, 0.6) is 0 Å². The van der Waals surface area contributed by atoms with Crippen molar-refractivity contribution in [2.24, 2.45) is 0 Å². The fourth-order valence-corrected chi connectivity index (χ4v) is 1.02. The van der Waals surface area contributed by atoms with Crippen LogP contribution in [-0.2, 0) is 13.0 Å². The summed E-state index contributed by atoms with van der Waals surface area (Å²) in [5.74, 6) is 0.919. The van der Waals surface area contributed by atoms with Crippen LogP contribution in [0.4, 0.5) is 0 Å². The molecule has 0 radical (unpaired) electrons. The fraction of sp³-hybridized carbons (Fsp3) is 0.600. The van der Waals surface area contributed by atoms with Crippen LogP contribution in [0, 0.1) is 0 Å². The highest BCUT2D eigenvalue weighted by Gasteiger charge is 1.98. The molecule has 1 aromatic rings. The first-order valence-corrected chi connectivity index (χ1v) is 4.76. The molecule has 1 heterocycles. The van der Waals surface area contributed by atoms with E-state index in [4.69, 9.17) is 0 Å². The van der Waals surface area contributed by atoms with E-state index in [1.165, 1.54) is 0 Å². The predicted octanol–water partition coefficient (Wildman–Crippen LogP) is 1.54. The Bertz CT molecular complexity index is 258. The second-order valence-corrected chi connectivity index (χ2v) is 3.35. The van der Waals surface area contributed by atoms with Gasteiger partial charge in [0.05, 0.1) is 5.69 Å². The Kier molecular flexibility index (Phi) is 3.83. The van der Waals surface area contributed by atoms with Gasteiger partial charge in [-0.15, -0.1) is 0 Å². The number of aromatic nitrogens is 2. The summed E-state index contributed by atoms with van der Waals surface area (Å²) in [5, 5.41) is 3.32. The molecule has 0 aromatic carbocycles. The maximum atomic E-state index is 4.39. The second kappa shape index (κ2) is 4.92. The third-order valence-corrected chi connectivity index (χ3v) is 1.77. The molecule has 0 atom stereocenters. The molecule has 3 nitrogen and oxygen atoms in total. The van der Waals surface area contributed by atoms with Gasteiger partial charge in [-0.25, -0.2) is 9.97 Å². The SMILES string of the molecule is CCc1nccc(CNC(C)C)n1. The average Bonchev–Trinajstić information content (AvgIpc) is 2.15.